The number of nitrogens with one attached hydrogen (secondary N) is 1. The molecule has 0 radical (unpaired) electrons. The minimum atomic E-state index is -0.237. The summed E-state index contributed by atoms with van der Waals surface area (Å²) in [6.45, 7) is 0.883. The van der Waals surface area contributed by atoms with E-state index in [9.17, 15) is 4.39 Å². The van der Waals surface area contributed by atoms with Crippen LogP contribution >= 0.6 is 27.3 Å². The number of nitrogens with zero attached hydrogens (tertiary/aromatic N) is 1. The van der Waals surface area contributed by atoms with Crippen molar-refractivity contribution in [3.8, 4) is 11.3 Å². The highest BCUT2D eigenvalue weighted by Gasteiger charge is 2.09. The van der Waals surface area contributed by atoms with E-state index in [0.717, 1.165) is 22.4 Å². The van der Waals surface area contributed by atoms with Crippen LogP contribution in [0.15, 0.2) is 28.1 Å². The van der Waals surface area contributed by atoms with Gasteiger partial charge in [0.25, 0.3) is 0 Å². The van der Waals surface area contributed by atoms with Gasteiger partial charge in [-0.2, -0.15) is 0 Å². The molecule has 0 amide bonds. The molecular formula is C12H12BrFN2S. The first-order valence-corrected chi connectivity index (χ1v) is 6.92. The predicted octanol–water partition coefficient (Wildman–Crippen LogP) is 3.47. The third kappa shape index (κ3) is 3.12. The minimum absolute atomic E-state index is 0.237. The second-order valence-corrected chi connectivity index (χ2v) is 5.46. The van der Waals surface area contributed by atoms with Crippen LogP contribution in [-0.4, -0.2) is 18.6 Å². The van der Waals surface area contributed by atoms with Crippen molar-refractivity contribution in [3.05, 3.63) is 38.9 Å². The second kappa shape index (κ2) is 5.71. The molecule has 2 aromatic rings. The molecule has 2 rings (SSSR count). The highest BCUT2D eigenvalue weighted by atomic mass is 79.9. The molecule has 2 nitrogen and oxygen atoms in total. The monoisotopic (exact) mass is 314 g/mol. The Hall–Kier alpha value is -0.780. The number of likely N-dealkylation sites (N-methyl/N-ethyl adjacent to an activating group) is 1. The summed E-state index contributed by atoms with van der Waals surface area (Å²) in [5.41, 5.74) is 1.26. The molecule has 0 aliphatic heterocycles. The molecule has 0 aliphatic carbocycles. The largest absolute Gasteiger partial charge is 0.319 e. The molecule has 1 heterocycles. The van der Waals surface area contributed by atoms with E-state index in [1.165, 1.54) is 6.07 Å². The Kier molecular flexibility index (Phi) is 4.25. The lowest BCUT2D eigenvalue weighted by atomic mass is 10.1. The third-order valence-electron chi connectivity index (χ3n) is 2.34. The third-order valence-corrected chi connectivity index (χ3v) is 3.75. The first-order chi connectivity index (χ1) is 8.20. The Morgan fingerprint density at radius 2 is 2.29 bits per heavy atom. The fourth-order valence-electron chi connectivity index (χ4n) is 1.48. The van der Waals surface area contributed by atoms with E-state index in [0.29, 0.717) is 11.3 Å². The van der Waals surface area contributed by atoms with Crippen LogP contribution in [0, 0.1) is 5.82 Å². The highest BCUT2D eigenvalue weighted by Crippen LogP contribution is 2.27. The number of benzene rings is 1. The maximum Gasteiger partial charge on any atom is 0.132 e. The number of rotatable bonds is 4. The van der Waals surface area contributed by atoms with Gasteiger partial charge in [-0.05, 0) is 25.2 Å². The van der Waals surface area contributed by atoms with E-state index >= 15 is 0 Å². The average molecular weight is 315 g/mol. The summed E-state index contributed by atoms with van der Waals surface area (Å²) in [6.07, 6.45) is 0.872. The van der Waals surface area contributed by atoms with Crippen LogP contribution < -0.4 is 5.32 Å². The zero-order valence-corrected chi connectivity index (χ0v) is 11.7. The number of hydrogen-bond donors (Lipinski definition) is 1. The van der Waals surface area contributed by atoms with E-state index in [1.54, 1.807) is 23.5 Å². The minimum Gasteiger partial charge on any atom is -0.319 e. The molecule has 17 heavy (non-hydrogen) atoms. The molecular weight excluding hydrogens is 303 g/mol. The molecule has 0 saturated carbocycles. The lowest BCUT2D eigenvalue weighted by molar-refractivity contribution is 0.630. The van der Waals surface area contributed by atoms with Gasteiger partial charge in [0.2, 0.25) is 0 Å². The number of aromatic nitrogens is 1. The van der Waals surface area contributed by atoms with Crippen molar-refractivity contribution in [2.45, 2.75) is 6.42 Å². The zero-order valence-electron chi connectivity index (χ0n) is 9.34. The first kappa shape index (κ1) is 12.7. The van der Waals surface area contributed by atoms with Gasteiger partial charge in [-0.15, -0.1) is 11.3 Å². The number of thiazole rings is 1. The first-order valence-electron chi connectivity index (χ1n) is 5.25. The molecule has 0 unspecified atom stereocenters. The van der Waals surface area contributed by atoms with Crippen molar-refractivity contribution < 1.29 is 4.39 Å². The van der Waals surface area contributed by atoms with Crippen molar-refractivity contribution in [1.82, 2.24) is 10.3 Å². The van der Waals surface area contributed by atoms with E-state index < -0.39 is 0 Å². The number of hydrogen-bond acceptors (Lipinski definition) is 3. The molecule has 1 N–H and O–H groups in total. The van der Waals surface area contributed by atoms with Crippen LogP contribution in [0.2, 0.25) is 0 Å². The van der Waals surface area contributed by atoms with Crippen LogP contribution in [0.25, 0.3) is 11.3 Å². The number of halogens is 2. The molecule has 90 valence electrons. The van der Waals surface area contributed by atoms with Gasteiger partial charge in [0.15, 0.2) is 0 Å². The van der Waals surface area contributed by atoms with E-state index in [4.69, 9.17) is 0 Å². The van der Waals surface area contributed by atoms with Crippen molar-refractivity contribution in [1.29, 1.82) is 0 Å². The van der Waals surface area contributed by atoms with Gasteiger partial charge in [-0.25, -0.2) is 9.37 Å². The lowest BCUT2D eigenvalue weighted by Gasteiger charge is -2.00. The van der Waals surface area contributed by atoms with Crippen LogP contribution in [0.1, 0.15) is 5.01 Å². The molecule has 1 aromatic heterocycles. The molecule has 0 atom stereocenters. The Morgan fingerprint density at radius 1 is 1.47 bits per heavy atom. The topological polar surface area (TPSA) is 24.9 Å². The van der Waals surface area contributed by atoms with E-state index in [-0.39, 0.29) is 5.82 Å². The summed E-state index contributed by atoms with van der Waals surface area (Å²) >= 11 is 4.91. The quantitative estimate of drug-likeness (QED) is 0.934. The molecule has 5 heteroatoms. The maximum atomic E-state index is 13.6. The van der Waals surface area contributed by atoms with Gasteiger partial charge >= 0.3 is 0 Å². The summed E-state index contributed by atoms with van der Waals surface area (Å²) in [5, 5.41) is 5.99. The zero-order chi connectivity index (χ0) is 12.3. The molecule has 0 saturated heterocycles. The van der Waals surface area contributed by atoms with Gasteiger partial charge < -0.3 is 5.32 Å². The molecule has 0 bridgehead atoms. The summed E-state index contributed by atoms with van der Waals surface area (Å²) in [7, 11) is 1.91. The lowest BCUT2D eigenvalue weighted by Crippen LogP contribution is -2.09. The molecule has 1 aromatic carbocycles. The average Bonchev–Trinajstić information content (AvgIpc) is 2.78. The van der Waals surface area contributed by atoms with Gasteiger partial charge in [0.1, 0.15) is 5.82 Å². The van der Waals surface area contributed by atoms with Crippen LogP contribution in [0.5, 0.6) is 0 Å². The summed E-state index contributed by atoms with van der Waals surface area (Å²) in [4.78, 5) is 4.44. The van der Waals surface area contributed by atoms with Crippen LogP contribution in [0.4, 0.5) is 4.39 Å². The molecule has 0 fully saturated rings. The summed E-state index contributed by atoms with van der Waals surface area (Å²) in [5.74, 6) is -0.237. The van der Waals surface area contributed by atoms with Gasteiger partial charge in [0, 0.05) is 28.4 Å². The summed E-state index contributed by atoms with van der Waals surface area (Å²) in [6, 6.07) is 4.89. The summed E-state index contributed by atoms with van der Waals surface area (Å²) < 4.78 is 14.5. The molecule has 0 spiro atoms. The van der Waals surface area contributed by atoms with Crippen molar-refractivity contribution in [2.24, 2.45) is 0 Å². The fraction of sp³-hybridized carbons (Fsp3) is 0.250. The van der Waals surface area contributed by atoms with Crippen LogP contribution in [0.3, 0.4) is 0 Å². The van der Waals surface area contributed by atoms with Crippen LogP contribution in [-0.2, 0) is 6.42 Å². The standard InChI is InChI=1S/C12H12BrFN2S/c1-15-5-4-12-16-11(7-17-12)9-6-8(13)2-3-10(9)14/h2-3,6-7,15H,4-5H2,1H3. The van der Waals surface area contributed by atoms with Gasteiger partial charge in [-0.3, -0.25) is 0 Å². The second-order valence-electron chi connectivity index (χ2n) is 3.60. The predicted molar refractivity (Wildman–Crippen MR) is 72.8 cm³/mol. The fourth-order valence-corrected chi connectivity index (χ4v) is 2.63. The SMILES string of the molecule is CNCCc1nc(-c2cc(Br)ccc2F)cs1. The molecule has 0 aliphatic rings. The highest BCUT2D eigenvalue weighted by molar-refractivity contribution is 9.10. The van der Waals surface area contributed by atoms with Crippen molar-refractivity contribution in [3.63, 3.8) is 0 Å². The van der Waals surface area contributed by atoms with Gasteiger partial charge in [0.05, 0.1) is 10.7 Å². The van der Waals surface area contributed by atoms with Crippen molar-refractivity contribution >= 4 is 27.3 Å². The van der Waals surface area contributed by atoms with Crippen molar-refractivity contribution in [2.75, 3.05) is 13.6 Å². The van der Waals surface area contributed by atoms with E-state index in [1.807, 2.05) is 12.4 Å². The normalized spacial score (nSPS) is 10.8. The Balaban J connectivity index is 2.27. The maximum absolute atomic E-state index is 13.6. The smallest absolute Gasteiger partial charge is 0.132 e. The van der Waals surface area contributed by atoms with E-state index in [2.05, 4.69) is 26.2 Å². The van der Waals surface area contributed by atoms with Gasteiger partial charge in [-0.1, -0.05) is 15.9 Å². The Labute approximate surface area is 112 Å². The Bertz CT molecular complexity index is 513. The Morgan fingerprint density at radius 3 is 3.06 bits per heavy atom.